The molecule has 0 aromatic carbocycles. The molecule has 2 heterocycles. The molecule has 9 heteroatoms. The van der Waals surface area contributed by atoms with E-state index in [9.17, 15) is 8.42 Å². The van der Waals surface area contributed by atoms with Gasteiger partial charge < -0.3 is 9.15 Å². The zero-order chi connectivity index (χ0) is 17.0. The monoisotopic (exact) mass is 352 g/mol. The number of ether oxygens (including phenoxy) is 1. The fourth-order valence-corrected chi connectivity index (χ4v) is 3.70. The van der Waals surface area contributed by atoms with Crippen molar-refractivity contribution >= 4 is 16.0 Å². The second-order valence-electron chi connectivity index (χ2n) is 5.85. The first-order chi connectivity index (χ1) is 11.6. The zero-order valence-corrected chi connectivity index (χ0v) is 14.3. The Morgan fingerprint density at radius 1 is 1.25 bits per heavy atom. The van der Waals surface area contributed by atoms with Gasteiger partial charge in [0.15, 0.2) is 0 Å². The third kappa shape index (κ3) is 4.02. The fourth-order valence-electron chi connectivity index (χ4n) is 2.84. The quantitative estimate of drug-likeness (QED) is 0.850. The van der Waals surface area contributed by atoms with Crippen LogP contribution in [0, 0.1) is 5.92 Å². The summed E-state index contributed by atoms with van der Waals surface area (Å²) >= 11 is 0. The third-order valence-corrected chi connectivity index (χ3v) is 5.41. The van der Waals surface area contributed by atoms with Gasteiger partial charge in [0.1, 0.15) is 4.90 Å². The molecule has 130 valence electrons. The van der Waals surface area contributed by atoms with E-state index < -0.39 is 10.0 Å². The van der Waals surface area contributed by atoms with Gasteiger partial charge in [-0.05, 0) is 24.8 Å². The summed E-state index contributed by atoms with van der Waals surface area (Å²) in [6.45, 7) is 0. The van der Waals surface area contributed by atoms with E-state index in [1.54, 1.807) is 0 Å². The molecule has 8 nitrogen and oxygen atoms in total. The molecule has 1 aliphatic rings. The second-order valence-corrected chi connectivity index (χ2v) is 7.53. The lowest BCUT2D eigenvalue weighted by Gasteiger charge is -2.19. The van der Waals surface area contributed by atoms with Gasteiger partial charge in [0, 0.05) is 12.5 Å². The van der Waals surface area contributed by atoms with Gasteiger partial charge in [-0.3, -0.25) is 0 Å². The van der Waals surface area contributed by atoms with E-state index in [1.807, 2.05) is 0 Å². The van der Waals surface area contributed by atoms with Crippen LogP contribution < -0.4 is 9.46 Å². The van der Waals surface area contributed by atoms with Crippen LogP contribution >= 0.6 is 0 Å². The van der Waals surface area contributed by atoms with Gasteiger partial charge in [0.25, 0.3) is 10.0 Å². The molecule has 1 saturated carbocycles. The summed E-state index contributed by atoms with van der Waals surface area (Å²) in [5.41, 5.74) is 0. The Morgan fingerprint density at radius 3 is 2.71 bits per heavy atom. The summed E-state index contributed by atoms with van der Waals surface area (Å²) in [7, 11) is -2.36. The van der Waals surface area contributed by atoms with E-state index >= 15 is 0 Å². The number of methoxy groups -OCH3 is 1. The van der Waals surface area contributed by atoms with Crippen LogP contribution in [0.15, 0.2) is 27.6 Å². The van der Waals surface area contributed by atoms with Crippen molar-refractivity contribution < 1.29 is 17.6 Å². The average molecular weight is 352 g/mol. The van der Waals surface area contributed by atoms with Crippen LogP contribution in [0.5, 0.6) is 5.88 Å². The Hall–Kier alpha value is -2.16. The Morgan fingerprint density at radius 2 is 2.04 bits per heavy atom. The van der Waals surface area contributed by atoms with Crippen LogP contribution in [-0.4, -0.2) is 30.7 Å². The van der Waals surface area contributed by atoms with Gasteiger partial charge in [-0.2, -0.15) is 0 Å². The van der Waals surface area contributed by atoms with Crippen LogP contribution in [0.25, 0.3) is 0 Å². The fraction of sp³-hybridized carbons (Fsp3) is 0.533. The molecule has 2 aromatic rings. The smallest absolute Gasteiger partial charge is 0.329 e. The molecule has 0 unspecified atom stereocenters. The van der Waals surface area contributed by atoms with Crippen molar-refractivity contribution in [1.82, 2.24) is 15.2 Å². The van der Waals surface area contributed by atoms with Crippen molar-refractivity contribution in [3.63, 3.8) is 0 Å². The van der Waals surface area contributed by atoms with E-state index in [1.165, 1.54) is 44.7 Å². The average Bonchev–Trinajstić information content (AvgIpc) is 3.02. The van der Waals surface area contributed by atoms with Crippen LogP contribution in [0.2, 0.25) is 0 Å². The molecule has 0 atom stereocenters. The van der Waals surface area contributed by atoms with Gasteiger partial charge in [-0.15, -0.1) is 5.10 Å². The molecule has 1 N–H and O–H groups in total. The lowest BCUT2D eigenvalue weighted by molar-refractivity contribution is 0.331. The number of anilines is 1. The molecule has 1 fully saturated rings. The molecule has 0 aliphatic heterocycles. The number of hydrogen-bond acceptors (Lipinski definition) is 7. The lowest BCUT2D eigenvalue weighted by Crippen LogP contribution is -2.13. The molecule has 0 radical (unpaired) electrons. The summed E-state index contributed by atoms with van der Waals surface area (Å²) < 4.78 is 37.2. The summed E-state index contributed by atoms with van der Waals surface area (Å²) in [6, 6.07) is 2.74. The van der Waals surface area contributed by atoms with Crippen molar-refractivity contribution in [1.29, 1.82) is 0 Å². The molecule has 0 bridgehead atoms. The third-order valence-electron chi connectivity index (χ3n) is 4.11. The summed E-state index contributed by atoms with van der Waals surface area (Å²) in [5.74, 6) is 1.34. The SMILES string of the molecule is COc1ccc(S(=O)(=O)Nc2nnc(CC3CCCCC3)o2)cn1. The number of pyridine rings is 1. The molecular formula is C15H20N4O4S. The van der Waals surface area contributed by atoms with Crippen LogP contribution in [0.4, 0.5) is 6.01 Å². The van der Waals surface area contributed by atoms with Gasteiger partial charge >= 0.3 is 6.01 Å². The normalized spacial score (nSPS) is 16.0. The van der Waals surface area contributed by atoms with Crippen molar-refractivity contribution in [3.8, 4) is 5.88 Å². The predicted molar refractivity (Wildman–Crippen MR) is 86.2 cm³/mol. The maximum Gasteiger partial charge on any atom is 0.329 e. The van der Waals surface area contributed by atoms with Crippen LogP contribution in [-0.2, 0) is 16.4 Å². The minimum absolute atomic E-state index is 0.00432. The highest BCUT2D eigenvalue weighted by Gasteiger charge is 2.21. The number of rotatable bonds is 6. The van der Waals surface area contributed by atoms with Crippen LogP contribution in [0.3, 0.4) is 0 Å². The van der Waals surface area contributed by atoms with E-state index in [0.29, 0.717) is 24.1 Å². The highest BCUT2D eigenvalue weighted by atomic mass is 32.2. The van der Waals surface area contributed by atoms with Gasteiger partial charge in [0.05, 0.1) is 13.3 Å². The highest BCUT2D eigenvalue weighted by Crippen LogP contribution is 2.27. The van der Waals surface area contributed by atoms with E-state index in [2.05, 4.69) is 19.9 Å². The van der Waals surface area contributed by atoms with Crippen LogP contribution in [0.1, 0.15) is 38.0 Å². The number of nitrogens with one attached hydrogen (secondary N) is 1. The molecule has 0 saturated heterocycles. The number of nitrogens with zero attached hydrogens (tertiary/aromatic N) is 3. The lowest BCUT2D eigenvalue weighted by atomic mass is 9.87. The summed E-state index contributed by atoms with van der Waals surface area (Å²) in [4.78, 5) is 3.88. The van der Waals surface area contributed by atoms with E-state index in [4.69, 9.17) is 9.15 Å². The van der Waals surface area contributed by atoms with Crippen molar-refractivity contribution in [2.75, 3.05) is 11.8 Å². The molecule has 1 aliphatic carbocycles. The summed E-state index contributed by atoms with van der Waals surface area (Å²) in [5, 5.41) is 7.71. The first kappa shape index (κ1) is 16.7. The largest absolute Gasteiger partial charge is 0.481 e. The van der Waals surface area contributed by atoms with E-state index in [0.717, 1.165) is 12.8 Å². The van der Waals surface area contributed by atoms with Gasteiger partial charge in [0.2, 0.25) is 11.8 Å². The van der Waals surface area contributed by atoms with Gasteiger partial charge in [-0.1, -0.05) is 24.4 Å². The number of hydrogen-bond donors (Lipinski definition) is 1. The molecule has 24 heavy (non-hydrogen) atoms. The minimum atomic E-state index is -3.82. The molecule has 3 rings (SSSR count). The molecule has 0 amide bonds. The zero-order valence-electron chi connectivity index (χ0n) is 13.4. The summed E-state index contributed by atoms with van der Waals surface area (Å²) in [6.07, 6.45) is 7.94. The first-order valence-electron chi connectivity index (χ1n) is 7.92. The Labute approximate surface area is 140 Å². The second kappa shape index (κ2) is 7.16. The molecular weight excluding hydrogens is 332 g/mol. The Bertz CT molecular complexity index is 767. The van der Waals surface area contributed by atoms with Gasteiger partial charge in [-0.25, -0.2) is 18.1 Å². The maximum atomic E-state index is 12.3. The standard InChI is InChI=1S/C15H20N4O4S/c1-22-13-8-7-12(10-16-13)24(20,21)19-15-18-17-14(23-15)9-11-5-3-2-4-6-11/h7-8,10-11H,2-6,9H2,1H3,(H,18,19). The first-order valence-corrected chi connectivity index (χ1v) is 9.40. The molecule has 0 spiro atoms. The highest BCUT2D eigenvalue weighted by molar-refractivity contribution is 7.92. The van der Waals surface area contributed by atoms with E-state index in [-0.39, 0.29) is 10.9 Å². The predicted octanol–water partition coefficient (Wildman–Crippen LogP) is 2.40. The Kier molecular flexibility index (Phi) is 4.98. The van der Waals surface area contributed by atoms with Crippen molar-refractivity contribution in [2.45, 2.75) is 43.4 Å². The maximum absolute atomic E-state index is 12.3. The number of aromatic nitrogens is 3. The van der Waals surface area contributed by atoms with Crippen molar-refractivity contribution in [2.24, 2.45) is 5.92 Å². The molecule has 2 aromatic heterocycles. The minimum Gasteiger partial charge on any atom is -0.481 e. The Balaban J connectivity index is 1.66. The topological polar surface area (TPSA) is 107 Å². The number of sulfonamides is 1. The van der Waals surface area contributed by atoms with Crippen molar-refractivity contribution in [3.05, 3.63) is 24.2 Å².